The molecule has 0 spiro atoms. The maximum absolute atomic E-state index is 14.5. The molecule has 7 nitrogen and oxygen atoms in total. The van der Waals surface area contributed by atoms with Crippen molar-refractivity contribution in [3.63, 3.8) is 0 Å². The Labute approximate surface area is 189 Å². The largest absolute Gasteiger partial charge is 0.318 e. The van der Waals surface area contributed by atoms with E-state index in [9.17, 15) is 22.4 Å². The summed E-state index contributed by atoms with van der Waals surface area (Å²) in [5.41, 5.74) is -0.653. The molecule has 0 aliphatic rings. The average Bonchev–Trinajstić information content (AvgIpc) is 3.23. The van der Waals surface area contributed by atoms with Crippen molar-refractivity contribution in [3.8, 4) is 11.3 Å². The minimum atomic E-state index is -2.99. The lowest BCUT2D eigenvalue weighted by Crippen LogP contribution is -2.14. The van der Waals surface area contributed by atoms with Crippen LogP contribution in [0, 0.1) is 11.8 Å². The first kappa shape index (κ1) is 22.3. The molecule has 1 amide bonds. The molecule has 0 atom stereocenters. The van der Waals surface area contributed by atoms with Crippen LogP contribution in [0.1, 0.15) is 28.0 Å². The summed E-state index contributed by atoms with van der Waals surface area (Å²) in [5, 5.41) is 6.28. The highest BCUT2D eigenvalue weighted by molar-refractivity contribution is 6.31. The maximum atomic E-state index is 14.5. The monoisotopic (exact) mass is 476 g/mol. The van der Waals surface area contributed by atoms with Crippen LogP contribution in [0.2, 0.25) is 5.02 Å². The van der Waals surface area contributed by atoms with Crippen LogP contribution in [-0.4, -0.2) is 30.6 Å². The Morgan fingerprint density at radius 2 is 1.91 bits per heavy atom. The van der Waals surface area contributed by atoms with E-state index in [0.717, 1.165) is 24.5 Å². The van der Waals surface area contributed by atoms with E-state index in [1.54, 1.807) is 6.07 Å². The molecule has 4 rings (SSSR count). The summed E-state index contributed by atoms with van der Waals surface area (Å²) in [7, 11) is 0. The first-order chi connectivity index (χ1) is 15.8. The number of aromatic nitrogens is 5. The Bertz CT molecular complexity index is 1310. The molecule has 0 unspecified atom stereocenters. The van der Waals surface area contributed by atoms with Crippen molar-refractivity contribution >= 4 is 23.2 Å². The molecule has 1 N–H and O–H groups in total. The highest BCUT2D eigenvalue weighted by Crippen LogP contribution is 2.35. The van der Waals surface area contributed by atoms with Gasteiger partial charge in [-0.25, -0.2) is 23.1 Å². The van der Waals surface area contributed by atoms with Gasteiger partial charge >= 0.3 is 0 Å². The predicted molar refractivity (Wildman–Crippen MR) is 111 cm³/mol. The maximum Gasteiger partial charge on any atom is 0.275 e. The number of hydrogen-bond acceptors (Lipinski definition) is 5. The Morgan fingerprint density at radius 3 is 2.64 bits per heavy atom. The van der Waals surface area contributed by atoms with Gasteiger partial charge in [0.1, 0.15) is 5.69 Å². The molecular weight excluding hydrogens is 464 g/mol. The Balaban J connectivity index is 1.54. The summed E-state index contributed by atoms with van der Waals surface area (Å²) in [5.74, 6) is -2.40. The van der Waals surface area contributed by atoms with Crippen molar-refractivity contribution in [3.05, 3.63) is 88.9 Å². The van der Waals surface area contributed by atoms with Crippen LogP contribution in [0.4, 0.5) is 23.2 Å². The van der Waals surface area contributed by atoms with Crippen LogP contribution < -0.4 is 5.32 Å². The number of nitrogens with zero attached hydrogens (tertiary/aromatic N) is 5. The van der Waals surface area contributed by atoms with Crippen molar-refractivity contribution in [2.24, 2.45) is 0 Å². The molecule has 1 aromatic carbocycles. The summed E-state index contributed by atoms with van der Waals surface area (Å²) < 4.78 is 55.7. The zero-order valence-electron chi connectivity index (χ0n) is 16.5. The molecule has 0 radical (unpaired) electrons. The van der Waals surface area contributed by atoms with Crippen molar-refractivity contribution in [1.29, 1.82) is 0 Å². The van der Waals surface area contributed by atoms with Gasteiger partial charge < -0.3 is 5.32 Å². The van der Waals surface area contributed by atoms with Crippen LogP contribution in [0.25, 0.3) is 11.3 Å². The number of carbonyl (C=O) groups excluding carboxylic acids is 1. The molecule has 0 aliphatic heterocycles. The van der Waals surface area contributed by atoms with Crippen LogP contribution >= 0.6 is 11.6 Å². The number of anilines is 1. The number of amides is 1. The van der Waals surface area contributed by atoms with Gasteiger partial charge in [-0.05, 0) is 17.7 Å². The van der Waals surface area contributed by atoms with Gasteiger partial charge in [0.2, 0.25) is 5.95 Å². The molecule has 33 heavy (non-hydrogen) atoms. The summed E-state index contributed by atoms with van der Waals surface area (Å²) in [6, 6.07) is 4.78. The third kappa shape index (κ3) is 4.98. The molecule has 168 valence electrons. The quantitative estimate of drug-likeness (QED) is 0.316. The van der Waals surface area contributed by atoms with Gasteiger partial charge in [-0.2, -0.15) is 9.49 Å². The van der Waals surface area contributed by atoms with Gasteiger partial charge in [0.05, 0.1) is 41.5 Å². The summed E-state index contributed by atoms with van der Waals surface area (Å²) in [6.07, 6.45) is 3.43. The van der Waals surface area contributed by atoms with Gasteiger partial charge in [-0.1, -0.05) is 23.7 Å². The van der Waals surface area contributed by atoms with Crippen LogP contribution in [0.3, 0.4) is 0 Å². The smallest absolute Gasteiger partial charge is 0.275 e. The Hall–Kier alpha value is -3.86. The zero-order chi connectivity index (χ0) is 23.5. The first-order valence-electron chi connectivity index (χ1n) is 9.34. The number of benzene rings is 1. The molecule has 3 aromatic heterocycles. The van der Waals surface area contributed by atoms with Crippen molar-refractivity contribution in [2.75, 3.05) is 5.32 Å². The van der Waals surface area contributed by atoms with Gasteiger partial charge in [-0.3, -0.25) is 14.5 Å². The van der Waals surface area contributed by atoms with Crippen LogP contribution in [-0.2, 0) is 6.54 Å². The number of alkyl halides is 2. The van der Waals surface area contributed by atoms with E-state index < -0.39 is 35.2 Å². The average molecular weight is 477 g/mol. The summed E-state index contributed by atoms with van der Waals surface area (Å²) in [4.78, 5) is 24.0. The second kappa shape index (κ2) is 9.33. The molecule has 3 heterocycles. The number of hydrogen-bond donors (Lipinski definition) is 1. The van der Waals surface area contributed by atoms with Gasteiger partial charge in [0.25, 0.3) is 12.3 Å². The highest BCUT2D eigenvalue weighted by atomic mass is 35.5. The molecule has 0 bridgehead atoms. The Kier molecular flexibility index (Phi) is 6.31. The molecule has 0 aliphatic carbocycles. The third-order valence-electron chi connectivity index (χ3n) is 4.51. The number of carbonyl (C=O) groups is 1. The molecule has 0 fully saturated rings. The molecule has 0 saturated heterocycles. The third-order valence-corrected chi connectivity index (χ3v) is 4.80. The SMILES string of the molecule is O=C(Nc1cnn(Cc2ccc(F)nc2)c1)c1cncc(-c2c(C(F)F)ccc(Cl)c2F)n1. The second-order valence-electron chi connectivity index (χ2n) is 6.79. The molecule has 4 aromatic rings. The lowest BCUT2D eigenvalue weighted by Gasteiger charge is -2.11. The zero-order valence-corrected chi connectivity index (χ0v) is 17.3. The highest BCUT2D eigenvalue weighted by Gasteiger charge is 2.22. The number of nitrogens with one attached hydrogen (secondary N) is 1. The standard InChI is InChI=1S/C21H13ClF4N6O/c22-14-3-2-13(20(25)26)18(19(14)24)15-7-27-8-16(31-15)21(33)30-12-6-29-32(10-12)9-11-1-4-17(23)28-5-11/h1-8,10,20H,9H2,(H,30,33). The Morgan fingerprint density at radius 1 is 1.09 bits per heavy atom. The molecule has 0 saturated carbocycles. The van der Waals surface area contributed by atoms with Gasteiger partial charge in [-0.15, -0.1) is 0 Å². The fourth-order valence-corrected chi connectivity index (χ4v) is 3.16. The van der Waals surface area contributed by atoms with E-state index in [-0.39, 0.29) is 23.0 Å². The molecular formula is C21H13ClF4N6O. The lowest BCUT2D eigenvalue weighted by molar-refractivity contribution is 0.102. The van der Waals surface area contributed by atoms with E-state index in [1.165, 1.54) is 29.3 Å². The fourth-order valence-electron chi connectivity index (χ4n) is 3.00. The lowest BCUT2D eigenvalue weighted by atomic mass is 10.0. The first-order valence-corrected chi connectivity index (χ1v) is 9.72. The van der Waals surface area contributed by atoms with Crippen molar-refractivity contribution in [1.82, 2.24) is 24.7 Å². The van der Waals surface area contributed by atoms with Crippen LogP contribution in [0.15, 0.2) is 55.2 Å². The number of halogens is 5. The van der Waals surface area contributed by atoms with E-state index in [1.807, 2.05) is 0 Å². The van der Waals surface area contributed by atoms with E-state index in [2.05, 4.69) is 25.4 Å². The van der Waals surface area contributed by atoms with Crippen LogP contribution in [0.5, 0.6) is 0 Å². The van der Waals surface area contributed by atoms with E-state index >= 15 is 0 Å². The summed E-state index contributed by atoms with van der Waals surface area (Å²) >= 11 is 5.74. The fraction of sp³-hybridized carbons (Fsp3) is 0.0952. The predicted octanol–water partition coefficient (Wildman–Crippen LogP) is 4.90. The van der Waals surface area contributed by atoms with Crippen molar-refractivity contribution < 1.29 is 22.4 Å². The van der Waals surface area contributed by atoms with E-state index in [4.69, 9.17) is 11.6 Å². The molecule has 12 heteroatoms. The minimum absolute atomic E-state index is 0.234. The normalized spacial score (nSPS) is 11.1. The van der Waals surface area contributed by atoms with E-state index in [0.29, 0.717) is 11.3 Å². The van der Waals surface area contributed by atoms with Gasteiger partial charge in [0, 0.05) is 23.5 Å². The number of pyridine rings is 1. The number of rotatable bonds is 6. The topological polar surface area (TPSA) is 85.6 Å². The second-order valence-corrected chi connectivity index (χ2v) is 7.19. The minimum Gasteiger partial charge on any atom is -0.318 e. The van der Waals surface area contributed by atoms with Crippen molar-refractivity contribution in [2.45, 2.75) is 13.0 Å². The summed E-state index contributed by atoms with van der Waals surface area (Å²) in [6.45, 7) is 0.281. The van der Waals surface area contributed by atoms with Gasteiger partial charge in [0.15, 0.2) is 5.82 Å².